The van der Waals surface area contributed by atoms with Crippen LogP contribution in [0.3, 0.4) is 0 Å². The summed E-state index contributed by atoms with van der Waals surface area (Å²) in [5.41, 5.74) is 0. The van der Waals surface area contributed by atoms with E-state index in [-0.39, 0.29) is 24.2 Å². The average Bonchev–Trinajstić information content (AvgIpc) is 3.02. The number of hydrogen-bond acceptors (Lipinski definition) is 12. The monoisotopic (exact) mass is 661 g/mol. The van der Waals surface area contributed by atoms with Gasteiger partial charge in [-0.25, -0.2) is 4.79 Å². The summed E-state index contributed by atoms with van der Waals surface area (Å²) in [4.78, 5) is 24.8. The van der Waals surface area contributed by atoms with Crippen LogP contribution in [-0.4, -0.2) is 129 Å². The van der Waals surface area contributed by atoms with Gasteiger partial charge in [-0.3, -0.25) is 4.79 Å². The van der Waals surface area contributed by atoms with Crippen molar-refractivity contribution in [1.82, 2.24) is 5.32 Å². The van der Waals surface area contributed by atoms with E-state index in [0.717, 1.165) is 38.5 Å². The molecular formula is C32H55NO13. The van der Waals surface area contributed by atoms with Gasteiger partial charge in [-0.05, 0) is 43.9 Å². The largest absolute Gasteiger partial charge is 0.479 e. The lowest BCUT2D eigenvalue weighted by Gasteiger charge is -2.49. The van der Waals surface area contributed by atoms with Gasteiger partial charge in [0.05, 0.1) is 24.9 Å². The number of hydrogen-bond donors (Lipinski definition) is 7. The zero-order valence-corrected chi connectivity index (χ0v) is 27.3. The van der Waals surface area contributed by atoms with E-state index < -0.39 is 98.1 Å². The number of carboxylic acids is 1. The molecular weight excluding hydrogens is 606 g/mol. The SMILES string of the molecule is CCC1CC(C)CC(OC2OC(CO)C(O)C(OC(CC3CCCCC3)C(=O)O)C2NC(C)=O)C1OC1OC(C)C(O)C(O)C1O. The predicted molar refractivity (Wildman–Crippen MR) is 161 cm³/mol. The molecule has 2 saturated heterocycles. The Bertz CT molecular complexity index is 982. The number of aliphatic hydroxyl groups is 5. The highest BCUT2D eigenvalue weighted by atomic mass is 16.7. The van der Waals surface area contributed by atoms with E-state index in [1.807, 2.05) is 6.92 Å². The topological polar surface area (TPSA) is 214 Å². The fourth-order valence-electron chi connectivity index (χ4n) is 7.63. The molecule has 2 aliphatic heterocycles. The van der Waals surface area contributed by atoms with Gasteiger partial charge in [0.15, 0.2) is 18.7 Å². The van der Waals surface area contributed by atoms with Gasteiger partial charge < -0.3 is 59.6 Å². The van der Waals surface area contributed by atoms with Crippen molar-refractivity contribution in [3.8, 4) is 0 Å². The van der Waals surface area contributed by atoms with Crippen molar-refractivity contribution >= 4 is 11.9 Å². The summed E-state index contributed by atoms with van der Waals surface area (Å²) < 4.78 is 30.8. The van der Waals surface area contributed by atoms with E-state index >= 15 is 0 Å². The van der Waals surface area contributed by atoms with Gasteiger partial charge in [-0.15, -0.1) is 0 Å². The van der Waals surface area contributed by atoms with Crippen molar-refractivity contribution in [2.75, 3.05) is 6.61 Å². The minimum Gasteiger partial charge on any atom is -0.479 e. The van der Waals surface area contributed by atoms with Gasteiger partial charge >= 0.3 is 5.97 Å². The highest BCUT2D eigenvalue weighted by molar-refractivity contribution is 5.73. The lowest BCUT2D eigenvalue weighted by atomic mass is 9.77. The molecule has 0 aromatic carbocycles. The molecule has 266 valence electrons. The van der Waals surface area contributed by atoms with E-state index in [4.69, 9.17) is 23.7 Å². The first-order valence-corrected chi connectivity index (χ1v) is 16.9. The highest BCUT2D eigenvalue weighted by Crippen LogP contribution is 2.39. The molecule has 14 nitrogen and oxygen atoms in total. The second kappa shape index (κ2) is 16.8. The molecule has 0 radical (unpaired) electrons. The summed E-state index contributed by atoms with van der Waals surface area (Å²) in [5.74, 6) is -1.40. The maximum Gasteiger partial charge on any atom is 0.332 e. The third-order valence-corrected chi connectivity index (χ3v) is 10.2. The summed E-state index contributed by atoms with van der Waals surface area (Å²) in [6, 6.07) is -1.14. The summed E-state index contributed by atoms with van der Waals surface area (Å²) in [6.45, 7) is 6.28. The third-order valence-electron chi connectivity index (χ3n) is 10.2. The van der Waals surface area contributed by atoms with Crippen molar-refractivity contribution in [1.29, 1.82) is 0 Å². The molecule has 2 heterocycles. The van der Waals surface area contributed by atoms with Gasteiger partial charge in [0.2, 0.25) is 5.91 Å². The molecule has 0 aromatic rings. The number of ether oxygens (including phenoxy) is 5. The summed E-state index contributed by atoms with van der Waals surface area (Å²) in [6.07, 6.45) is -7.15. The van der Waals surface area contributed by atoms with E-state index in [2.05, 4.69) is 12.2 Å². The molecule has 0 bridgehead atoms. The Labute approximate surface area is 270 Å². The molecule has 15 atom stereocenters. The average molecular weight is 662 g/mol. The van der Waals surface area contributed by atoms with Gasteiger partial charge in [-0.1, -0.05) is 52.4 Å². The van der Waals surface area contributed by atoms with Crippen molar-refractivity contribution in [2.45, 2.75) is 165 Å². The van der Waals surface area contributed by atoms with E-state index in [1.54, 1.807) is 6.92 Å². The Hall–Kier alpha value is -1.46. The minimum atomic E-state index is -1.52. The van der Waals surface area contributed by atoms with Crippen molar-refractivity contribution in [3.63, 3.8) is 0 Å². The number of carboxylic acid groups (broad SMARTS) is 1. The lowest BCUT2D eigenvalue weighted by molar-refractivity contribution is -0.339. The van der Waals surface area contributed by atoms with E-state index in [1.165, 1.54) is 6.92 Å². The number of amides is 1. The number of rotatable bonds is 12. The third kappa shape index (κ3) is 8.95. The minimum absolute atomic E-state index is 0.0650. The Morgan fingerprint density at radius 3 is 2.20 bits per heavy atom. The zero-order valence-electron chi connectivity index (χ0n) is 27.3. The van der Waals surface area contributed by atoms with Crippen molar-refractivity contribution < 1.29 is 63.9 Å². The van der Waals surface area contributed by atoms with Crippen LogP contribution < -0.4 is 5.32 Å². The smallest absolute Gasteiger partial charge is 0.332 e. The van der Waals surface area contributed by atoms with Crippen LogP contribution in [0.4, 0.5) is 0 Å². The molecule has 15 unspecified atom stereocenters. The molecule has 46 heavy (non-hydrogen) atoms. The summed E-state index contributed by atoms with van der Waals surface area (Å²) in [7, 11) is 0. The molecule has 2 aliphatic carbocycles. The van der Waals surface area contributed by atoms with Crippen LogP contribution in [-0.2, 0) is 33.3 Å². The number of carbonyl (C=O) groups is 2. The first-order valence-electron chi connectivity index (χ1n) is 16.9. The van der Waals surface area contributed by atoms with Crippen LogP contribution in [0, 0.1) is 17.8 Å². The van der Waals surface area contributed by atoms with Crippen LogP contribution in [0.1, 0.15) is 85.5 Å². The van der Waals surface area contributed by atoms with Crippen LogP contribution in [0.15, 0.2) is 0 Å². The molecule has 4 rings (SSSR count). The molecule has 14 heteroatoms. The Morgan fingerprint density at radius 1 is 0.891 bits per heavy atom. The fourth-order valence-corrected chi connectivity index (χ4v) is 7.63. The molecule has 4 aliphatic rings. The second-order valence-corrected chi connectivity index (χ2v) is 13.8. The molecule has 2 saturated carbocycles. The number of nitrogens with one attached hydrogen (secondary N) is 1. The normalized spacial score (nSPS) is 43.2. The maximum atomic E-state index is 12.5. The molecule has 0 aromatic heterocycles. The van der Waals surface area contributed by atoms with Crippen LogP contribution in [0.2, 0.25) is 0 Å². The molecule has 7 N–H and O–H groups in total. The molecule has 0 spiro atoms. The van der Waals surface area contributed by atoms with E-state index in [9.17, 15) is 40.2 Å². The Balaban J connectivity index is 1.60. The fraction of sp³-hybridized carbons (Fsp3) is 0.938. The van der Waals surface area contributed by atoms with Crippen LogP contribution >= 0.6 is 0 Å². The summed E-state index contributed by atoms with van der Waals surface area (Å²) >= 11 is 0. The van der Waals surface area contributed by atoms with Crippen LogP contribution in [0.25, 0.3) is 0 Å². The van der Waals surface area contributed by atoms with Crippen molar-refractivity contribution in [2.24, 2.45) is 17.8 Å². The molecule has 1 amide bonds. The summed E-state index contributed by atoms with van der Waals surface area (Å²) in [5, 5.41) is 65.5. The molecule has 4 fully saturated rings. The van der Waals surface area contributed by atoms with Gasteiger partial charge in [0.1, 0.15) is 42.7 Å². The van der Waals surface area contributed by atoms with Crippen LogP contribution in [0.5, 0.6) is 0 Å². The Kier molecular flexibility index (Phi) is 13.6. The van der Waals surface area contributed by atoms with Gasteiger partial charge in [0.25, 0.3) is 0 Å². The first kappa shape index (κ1) is 37.4. The van der Waals surface area contributed by atoms with E-state index in [0.29, 0.717) is 12.8 Å². The number of aliphatic carboxylic acids is 1. The standard InChI is InChI=1S/C32H55NO13/c1-5-19-11-15(2)12-20(28(19)46-32-27(39)26(38)24(36)16(3)42-32)44-31-23(33-17(4)35)29(25(37)22(14-34)45-31)43-21(30(40)41)13-18-9-7-6-8-10-18/h15-16,18-29,31-32,34,36-39H,5-14H2,1-4H3,(H,33,35)(H,40,41). The van der Waals surface area contributed by atoms with Gasteiger partial charge in [-0.2, -0.15) is 0 Å². The Morgan fingerprint density at radius 2 is 1.59 bits per heavy atom. The van der Waals surface area contributed by atoms with Crippen molar-refractivity contribution in [3.05, 3.63) is 0 Å². The maximum absolute atomic E-state index is 12.5. The number of aliphatic hydroxyl groups excluding tert-OH is 5. The number of carbonyl (C=O) groups excluding carboxylic acids is 1. The lowest BCUT2D eigenvalue weighted by Crippen LogP contribution is -2.67. The second-order valence-electron chi connectivity index (χ2n) is 13.8. The highest BCUT2D eigenvalue weighted by Gasteiger charge is 2.52. The van der Waals surface area contributed by atoms with Gasteiger partial charge in [0, 0.05) is 6.92 Å². The zero-order chi connectivity index (χ0) is 33.7. The quantitative estimate of drug-likeness (QED) is 0.151. The first-order chi connectivity index (χ1) is 21.8. The predicted octanol–water partition coefficient (Wildman–Crippen LogP) is 0.432.